The summed E-state index contributed by atoms with van der Waals surface area (Å²) in [6.45, 7) is 0. The number of hydrazone groups is 1. The van der Waals surface area contributed by atoms with E-state index in [0.29, 0.717) is 11.3 Å². The second-order valence-electron chi connectivity index (χ2n) is 4.58. The average Bonchev–Trinajstić information content (AvgIpc) is 2.56. The molecule has 7 heteroatoms. The van der Waals surface area contributed by atoms with Crippen LogP contribution in [0.25, 0.3) is 6.08 Å². The summed E-state index contributed by atoms with van der Waals surface area (Å²) in [6.07, 6.45) is 4.52. The summed E-state index contributed by atoms with van der Waals surface area (Å²) < 4.78 is 6.17. The van der Waals surface area contributed by atoms with Gasteiger partial charge >= 0.3 is 5.97 Å². The van der Waals surface area contributed by atoms with Gasteiger partial charge in [0.05, 0.1) is 6.21 Å². The van der Waals surface area contributed by atoms with Crippen molar-refractivity contribution in [2.24, 2.45) is 10.8 Å². The zero-order chi connectivity index (χ0) is 17.4. The molecule has 0 saturated carbocycles. The summed E-state index contributed by atoms with van der Waals surface area (Å²) in [7, 11) is 0. The highest BCUT2D eigenvalue weighted by Gasteiger charge is 2.07. The van der Waals surface area contributed by atoms with Crippen LogP contribution in [-0.2, 0) is 4.79 Å². The number of carbonyl (C=O) groups is 1. The van der Waals surface area contributed by atoms with Crippen molar-refractivity contribution in [1.29, 1.82) is 0 Å². The van der Waals surface area contributed by atoms with E-state index >= 15 is 0 Å². The summed E-state index contributed by atoms with van der Waals surface area (Å²) in [5.74, 6) is -0.118. The number of hydrogen-bond donors (Lipinski definition) is 2. The lowest BCUT2D eigenvalue weighted by atomic mass is 10.2. The Bertz CT molecular complexity index is 792. The molecule has 0 aromatic heterocycles. The van der Waals surface area contributed by atoms with Gasteiger partial charge in [-0.25, -0.2) is 4.79 Å². The van der Waals surface area contributed by atoms with Gasteiger partial charge in [0, 0.05) is 16.1 Å². The molecular formula is C17H14BrN3O2S. The number of halogens is 1. The molecule has 0 unspecified atom stereocenters. The summed E-state index contributed by atoms with van der Waals surface area (Å²) in [6, 6.07) is 14.7. The monoisotopic (exact) mass is 403 g/mol. The van der Waals surface area contributed by atoms with Gasteiger partial charge < -0.3 is 10.5 Å². The Morgan fingerprint density at radius 2 is 2.00 bits per heavy atom. The second kappa shape index (κ2) is 8.95. The lowest BCUT2D eigenvalue weighted by molar-refractivity contribution is -0.128. The summed E-state index contributed by atoms with van der Waals surface area (Å²) in [5.41, 5.74) is 9.25. The van der Waals surface area contributed by atoms with Crippen LogP contribution in [0.4, 0.5) is 0 Å². The van der Waals surface area contributed by atoms with Crippen LogP contribution in [0.2, 0.25) is 0 Å². The van der Waals surface area contributed by atoms with Crippen LogP contribution >= 0.6 is 28.1 Å². The third-order valence-corrected chi connectivity index (χ3v) is 3.36. The molecule has 0 aliphatic rings. The van der Waals surface area contributed by atoms with Crippen molar-refractivity contribution >= 4 is 51.5 Å². The highest BCUT2D eigenvalue weighted by Crippen LogP contribution is 2.22. The molecule has 0 spiro atoms. The number of thiocarbonyl (C=S) groups is 1. The molecule has 5 nitrogen and oxygen atoms in total. The standard InChI is InChI=1S/C17H14BrN3O2S/c18-14-7-8-15(13(10-14)11-20-21-17(19)24)23-16(22)9-6-12-4-2-1-3-5-12/h1-11H,(H3,19,21,24)/b9-6+,20-11+. The van der Waals surface area contributed by atoms with Gasteiger partial charge in [0.1, 0.15) is 5.75 Å². The molecule has 0 atom stereocenters. The van der Waals surface area contributed by atoms with Crippen molar-refractivity contribution in [3.63, 3.8) is 0 Å². The Morgan fingerprint density at radius 1 is 1.25 bits per heavy atom. The molecule has 0 amide bonds. The molecule has 0 aliphatic heterocycles. The Kier molecular flexibility index (Phi) is 6.65. The first-order valence-corrected chi connectivity index (χ1v) is 8.08. The molecule has 0 radical (unpaired) electrons. The van der Waals surface area contributed by atoms with Gasteiger partial charge in [-0.3, -0.25) is 5.43 Å². The highest BCUT2D eigenvalue weighted by atomic mass is 79.9. The fourth-order valence-corrected chi connectivity index (χ4v) is 2.18. The van der Waals surface area contributed by atoms with Crippen LogP contribution in [0.5, 0.6) is 5.75 Å². The first kappa shape index (κ1) is 17.8. The fraction of sp³-hybridized carbons (Fsp3) is 0. The average molecular weight is 404 g/mol. The number of ether oxygens (including phenoxy) is 1. The van der Waals surface area contributed by atoms with Crippen LogP contribution < -0.4 is 15.9 Å². The van der Waals surface area contributed by atoms with Crippen molar-refractivity contribution in [3.8, 4) is 5.75 Å². The molecule has 2 aromatic carbocycles. The van der Waals surface area contributed by atoms with Crippen molar-refractivity contribution < 1.29 is 9.53 Å². The maximum Gasteiger partial charge on any atom is 0.336 e. The van der Waals surface area contributed by atoms with Crippen molar-refractivity contribution in [2.45, 2.75) is 0 Å². The van der Waals surface area contributed by atoms with Crippen molar-refractivity contribution in [1.82, 2.24) is 5.43 Å². The fourth-order valence-electron chi connectivity index (χ4n) is 1.75. The van der Waals surface area contributed by atoms with E-state index in [1.165, 1.54) is 12.3 Å². The first-order valence-electron chi connectivity index (χ1n) is 6.87. The highest BCUT2D eigenvalue weighted by molar-refractivity contribution is 9.10. The molecule has 0 aliphatic carbocycles. The lowest BCUT2D eigenvalue weighted by Gasteiger charge is -2.06. The van der Waals surface area contributed by atoms with E-state index in [0.717, 1.165) is 10.0 Å². The van der Waals surface area contributed by atoms with Gasteiger partial charge in [-0.2, -0.15) is 5.10 Å². The van der Waals surface area contributed by atoms with Gasteiger partial charge in [-0.05, 0) is 42.1 Å². The molecule has 2 aromatic rings. The SMILES string of the molecule is NC(=S)N/N=C/c1cc(Br)ccc1OC(=O)/C=C/c1ccccc1. The number of esters is 1. The summed E-state index contributed by atoms with van der Waals surface area (Å²) >= 11 is 8.03. The molecule has 0 saturated heterocycles. The van der Waals surface area contributed by atoms with Crippen molar-refractivity contribution in [3.05, 3.63) is 70.2 Å². The van der Waals surface area contributed by atoms with Crippen LogP contribution in [0, 0.1) is 0 Å². The predicted molar refractivity (Wildman–Crippen MR) is 103 cm³/mol. The van der Waals surface area contributed by atoms with E-state index in [2.05, 4.69) is 38.7 Å². The minimum atomic E-state index is -0.488. The number of carbonyl (C=O) groups excluding carboxylic acids is 1. The minimum Gasteiger partial charge on any atom is -0.423 e. The van der Waals surface area contributed by atoms with Gasteiger partial charge in [0.15, 0.2) is 5.11 Å². The molecule has 0 fully saturated rings. The molecule has 122 valence electrons. The van der Waals surface area contributed by atoms with Crippen LogP contribution in [0.15, 0.2) is 64.2 Å². The number of rotatable bonds is 5. The molecule has 0 bridgehead atoms. The third kappa shape index (κ3) is 5.94. The molecule has 24 heavy (non-hydrogen) atoms. The van der Waals surface area contributed by atoms with Gasteiger partial charge in [-0.1, -0.05) is 46.3 Å². The number of hydrogen-bond acceptors (Lipinski definition) is 4. The second-order valence-corrected chi connectivity index (χ2v) is 5.94. The smallest absolute Gasteiger partial charge is 0.336 e. The zero-order valence-corrected chi connectivity index (χ0v) is 14.9. The summed E-state index contributed by atoms with van der Waals surface area (Å²) in [5, 5.41) is 3.92. The largest absolute Gasteiger partial charge is 0.423 e. The molecule has 0 heterocycles. The van der Waals surface area contributed by atoms with E-state index in [9.17, 15) is 4.79 Å². The Balaban J connectivity index is 2.10. The van der Waals surface area contributed by atoms with Crippen LogP contribution in [0.3, 0.4) is 0 Å². The van der Waals surface area contributed by atoms with Crippen LogP contribution in [-0.4, -0.2) is 17.3 Å². The topological polar surface area (TPSA) is 76.7 Å². The number of nitrogens with one attached hydrogen (secondary N) is 1. The Labute approximate surface area is 153 Å². The predicted octanol–water partition coefficient (Wildman–Crippen LogP) is 3.24. The number of nitrogens with zero attached hydrogens (tertiary/aromatic N) is 1. The normalized spacial score (nSPS) is 10.9. The molecule has 2 rings (SSSR count). The van der Waals surface area contributed by atoms with Gasteiger partial charge in [-0.15, -0.1) is 0 Å². The van der Waals surface area contributed by atoms with Gasteiger partial charge in [0.2, 0.25) is 0 Å². The Morgan fingerprint density at radius 3 is 2.71 bits per heavy atom. The van der Waals surface area contributed by atoms with Crippen LogP contribution in [0.1, 0.15) is 11.1 Å². The van der Waals surface area contributed by atoms with E-state index in [4.69, 9.17) is 10.5 Å². The van der Waals surface area contributed by atoms with E-state index in [-0.39, 0.29) is 5.11 Å². The number of nitrogens with two attached hydrogens (primary N) is 1. The quantitative estimate of drug-likeness (QED) is 0.200. The van der Waals surface area contributed by atoms with E-state index in [1.807, 2.05) is 30.3 Å². The summed E-state index contributed by atoms with van der Waals surface area (Å²) in [4.78, 5) is 12.0. The minimum absolute atomic E-state index is 0.0468. The number of benzene rings is 2. The van der Waals surface area contributed by atoms with Gasteiger partial charge in [0.25, 0.3) is 0 Å². The lowest BCUT2D eigenvalue weighted by Crippen LogP contribution is -2.24. The zero-order valence-electron chi connectivity index (χ0n) is 12.5. The third-order valence-electron chi connectivity index (χ3n) is 2.77. The first-order chi connectivity index (χ1) is 11.5. The van der Waals surface area contributed by atoms with Crippen molar-refractivity contribution in [2.75, 3.05) is 0 Å². The molecular weight excluding hydrogens is 390 g/mol. The Hall–Kier alpha value is -2.51. The maximum absolute atomic E-state index is 12.0. The van der Waals surface area contributed by atoms with E-state index < -0.39 is 5.97 Å². The van der Waals surface area contributed by atoms with E-state index in [1.54, 1.807) is 24.3 Å². The molecule has 3 N–H and O–H groups in total. The maximum atomic E-state index is 12.0.